The number of aromatic nitrogens is 1. The van der Waals surface area contributed by atoms with Gasteiger partial charge in [-0.25, -0.2) is 9.18 Å². The number of benzene rings is 3. The van der Waals surface area contributed by atoms with Gasteiger partial charge in [-0.1, -0.05) is 48.0 Å². The van der Waals surface area contributed by atoms with Crippen molar-refractivity contribution in [2.75, 3.05) is 13.6 Å². The molecule has 3 aromatic carbocycles. The quantitative estimate of drug-likeness (QED) is 0.175. The third kappa shape index (κ3) is 8.70. The Hall–Kier alpha value is -4.47. The van der Waals surface area contributed by atoms with Crippen molar-refractivity contribution in [1.82, 2.24) is 15.2 Å². The summed E-state index contributed by atoms with van der Waals surface area (Å²) in [5.74, 6) is -1.37. The predicted octanol–water partition coefficient (Wildman–Crippen LogP) is 8.33. The van der Waals surface area contributed by atoms with Gasteiger partial charge in [-0.3, -0.25) is 9.78 Å². The van der Waals surface area contributed by atoms with E-state index >= 15 is 4.39 Å². The SMILES string of the molecule is CN(CC(c1ccccc1)c1ccc(Cl)c(-c2c(C(N)=O)ccc(Oc3cccnc3)c2F)c1)C1CCC(NC(=O)OC(C)(C)C)CC1. The Labute approximate surface area is 286 Å². The van der Waals surface area contributed by atoms with Crippen molar-refractivity contribution >= 4 is 23.6 Å². The molecule has 1 heterocycles. The number of primary amides is 1. The molecule has 3 N–H and O–H groups in total. The first-order valence-corrected chi connectivity index (χ1v) is 16.5. The largest absolute Gasteiger partial charge is 0.453 e. The first-order chi connectivity index (χ1) is 22.9. The number of alkyl carbamates (subject to hydrolysis) is 1. The standard InChI is InChI=1S/C38H42ClFN4O4/c1-38(2,3)48-37(46)43-26-13-15-27(16-14-26)44(4)23-31(24-9-6-5-7-10-24)25-12-18-32(39)30(21-25)34-29(36(41)45)17-19-33(35(34)40)47-28-11-8-20-42-22-28/h5-12,17-22,26-27,31H,13-16,23H2,1-4H3,(H2,41,45)(H,43,46). The van der Waals surface area contributed by atoms with Gasteiger partial charge in [0, 0.05) is 46.9 Å². The lowest BCUT2D eigenvalue weighted by molar-refractivity contribution is 0.0480. The van der Waals surface area contributed by atoms with Crippen LogP contribution in [0.3, 0.4) is 0 Å². The van der Waals surface area contributed by atoms with E-state index < -0.39 is 17.3 Å². The fourth-order valence-corrected chi connectivity index (χ4v) is 6.46. The molecule has 0 saturated heterocycles. The van der Waals surface area contributed by atoms with Crippen LogP contribution in [0.2, 0.25) is 5.02 Å². The van der Waals surface area contributed by atoms with Gasteiger partial charge in [-0.05, 0) is 101 Å². The summed E-state index contributed by atoms with van der Waals surface area (Å²) in [7, 11) is 2.11. The second-order valence-electron chi connectivity index (χ2n) is 13.2. The molecule has 10 heteroatoms. The number of amides is 2. The minimum absolute atomic E-state index is 0.00443. The summed E-state index contributed by atoms with van der Waals surface area (Å²) in [5, 5.41) is 3.29. The summed E-state index contributed by atoms with van der Waals surface area (Å²) in [6.07, 6.45) is 6.21. The maximum absolute atomic E-state index is 16.3. The first-order valence-electron chi connectivity index (χ1n) is 16.1. The van der Waals surface area contributed by atoms with Crippen LogP contribution >= 0.6 is 11.6 Å². The third-order valence-electron chi connectivity index (χ3n) is 8.61. The van der Waals surface area contributed by atoms with Crippen molar-refractivity contribution < 1.29 is 23.5 Å². The van der Waals surface area contributed by atoms with Crippen LogP contribution in [0.5, 0.6) is 11.5 Å². The summed E-state index contributed by atoms with van der Waals surface area (Å²) in [4.78, 5) is 31.3. The van der Waals surface area contributed by atoms with Gasteiger partial charge < -0.3 is 25.4 Å². The minimum atomic E-state index is -0.783. The molecule has 4 aromatic rings. The topological polar surface area (TPSA) is 107 Å². The first kappa shape index (κ1) is 34.9. The molecule has 1 fully saturated rings. The zero-order valence-electron chi connectivity index (χ0n) is 27.7. The Balaban J connectivity index is 1.42. The smallest absolute Gasteiger partial charge is 0.407 e. The second-order valence-corrected chi connectivity index (χ2v) is 13.7. The van der Waals surface area contributed by atoms with Gasteiger partial charge in [0.2, 0.25) is 5.91 Å². The van der Waals surface area contributed by atoms with Crippen LogP contribution < -0.4 is 15.8 Å². The molecule has 2 amide bonds. The van der Waals surface area contributed by atoms with E-state index in [-0.39, 0.29) is 40.0 Å². The number of nitrogens with two attached hydrogens (primary N) is 1. The summed E-state index contributed by atoms with van der Waals surface area (Å²) in [6.45, 7) is 6.24. The summed E-state index contributed by atoms with van der Waals surface area (Å²) < 4.78 is 27.5. The Bertz CT molecular complexity index is 1720. The lowest BCUT2D eigenvalue weighted by Gasteiger charge is -2.37. The molecule has 0 bridgehead atoms. The number of nitrogens with zero attached hydrogens (tertiary/aromatic N) is 2. The summed E-state index contributed by atoms with van der Waals surface area (Å²) in [5.41, 5.74) is 7.50. The van der Waals surface area contributed by atoms with Gasteiger partial charge in [0.1, 0.15) is 11.4 Å². The lowest BCUT2D eigenvalue weighted by atomic mass is 9.86. The highest BCUT2D eigenvalue weighted by atomic mass is 35.5. The van der Waals surface area contributed by atoms with E-state index in [9.17, 15) is 9.59 Å². The van der Waals surface area contributed by atoms with Crippen molar-refractivity contribution in [3.8, 4) is 22.6 Å². The third-order valence-corrected chi connectivity index (χ3v) is 8.94. The highest BCUT2D eigenvalue weighted by Crippen LogP contribution is 2.40. The zero-order chi connectivity index (χ0) is 34.4. The number of hydrogen-bond acceptors (Lipinski definition) is 6. The predicted molar refractivity (Wildman–Crippen MR) is 186 cm³/mol. The summed E-state index contributed by atoms with van der Waals surface area (Å²) >= 11 is 6.74. The number of hydrogen-bond donors (Lipinski definition) is 2. The zero-order valence-corrected chi connectivity index (χ0v) is 28.5. The maximum Gasteiger partial charge on any atom is 0.407 e. The van der Waals surface area contributed by atoms with E-state index in [2.05, 4.69) is 34.4 Å². The molecule has 5 rings (SSSR count). The molecule has 0 radical (unpaired) electrons. The van der Waals surface area contributed by atoms with Crippen LogP contribution in [-0.2, 0) is 4.74 Å². The monoisotopic (exact) mass is 672 g/mol. The van der Waals surface area contributed by atoms with Gasteiger partial charge in [-0.15, -0.1) is 0 Å². The minimum Gasteiger partial charge on any atom is -0.453 e. The van der Waals surface area contributed by atoms with E-state index in [0.717, 1.165) is 36.8 Å². The molecule has 0 spiro atoms. The van der Waals surface area contributed by atoms with Crippen molar-refractivity contribution in [3.05, 3.63) is 113 Å². The van der Waals surface area contributed by atoms with Gasteiger partial charge in [0.25, 0.3) is 0 Å². The average Bonchev–Trinajstić information content (AvgIpc) is 3.05. The molecule has 1 aliphatic rings. The molecule has 1 atom stereocenters. The van der Waals surface area contributed by atoms with Crippen molar-refractivity contribution in [3.63, 3.8) is 0 Å². The van der Waals surface area contributed by atoms with E-state index in [1.807, 2.05) is 51.1 Å². The molecule has 8 nitrogen and oxygen atoms in total. The Morgan fingerprint density at radius 1 is 1.02 bits per heavy atom. The molecule has 1 unspecified atom stereocenters. The number of rotatable bonds is 10. The molecular weight excluding hydrogens is 631 g/mol. The van der Waals surface area contributed by atoms with Crippen molar-refractivity contribution in [2.45, 2.75) is 70.1 Å². The number of likely N-dealkylation sites (N-methyl/N-ethyl adjacent to an activating group) is 1. The lowest BCUT2D eigenvalue weighted by Crippen LogP contribution is -2.45. The van der Waals surface area contributed by atoms with Gasteiger partial charge in [-0.2, -0.15) is 0 Å². The van der Waals surface area contributed by atoms with Crippen LogP contribution in [0.4, 0.5) is 9.18 Å². The van der Waals surface area contributed by atoms with Crippen LogP contribution in [0, 0.1) is 5.82 Å². The van der Waals surface area contributed by atoms with E-state index in [0.29, 0.717) is 23.9 Å². The van der Waals surface area contributed by atoms with Crippen molar-refractivity contribution in [2.24, 2.45) is 5.73 Å². The fourth-order valence-electron chi connectivity index (χ4n) is 6.25. The number of ether oxygens (including phenoxy) is 2. The normalized spacial score (nSPS) is 17.1. The van der Waals surface area contributed by atoms with Gasteiger partial charge in [0.05, 0.1) is 11.8 Å². The molecular formula is C38H42ClFN4O4. The molecule has 48 heavy (non-hydrogen) atoms. The van der Waals surface area contributed by atoms with Crippen LogP contribution in [0.15, 0.2) is 85.2 Å². The number of pyridine rings is 1. The molecule has 1 aromatic heterocycles. The Kier molecular flexibility index (Phi) is 11.0. The average molecular weight is 673 g/mol. The van der Waals surface area contributed by atoms with Gasteiger partial charge in [0.15, 0.2) is 11.6 Å². The molecule has 0 aliphatic heterocycles. The highest BCUT2D eigenvalue weighted by molar-refractivity contribution is 6.33. The second kappa shape index (κ2) is 15.2. The van der Waals surface area contributed by atoms with Gasteiger partial charge >= 0.3 is 6.09 Å². The van der Waals surface area contributed by atoms with Crippen LogP contribution in [0.25, 0.3) is 11.1 Å². The van der Waals surface area contributed by atoms with E-state index in [4.69, 9.17) is 26.8 Å². The molecule has 1 aliphatic carbocycles. The molecule has 252 valence electrons. The summed E-state index contributed by atoms with van der Waals surface area (Å²) in [6, 6.07) is 22.2. The highest BCUT2D eigenvalue weighted by Gasteiger charge is 2.29. The maximum atomic E-state index is 16.3. The Morgan fingerprint density at radius 2 is 1.75 bits per heavy atom. The van der Waals surface area contributed by atoms with E-state index in [1.165, 1.54) is 18.3 Å². The van der Waals surface area contributed by atoms with E-state index in [1.54, 1.807) is 24.4 Å². The number of nitrogens with one attached hydrogen (secondary N) is 1. The van der Waals surface area contributed by atoms with Crippen molar-refractivity contribution in [1.29, 1.82) is 0 Å². The van der Waals surface area contributed by atoms with Crippen LogP contribution in [0.1, 0.15) is 73.9 Å². The molecule has 1 saturated carbocycles. The number of halogens is 2. The number of carbonyl (C=O) groups excluding carboxylic acids is 2. The fraction of sp³-hybridized carbons (Fsp3) is 0.342. The Morgan fingerprint density at radius 3 is 2.40 bits per heavy atom. The number of carbonyl (C=O) groups is 2. The van der Waals surface area contributed by atoms with Crippen LogP contribution in [-0.4, -0.2) is 53.2 Å².